The fourth-order valence-electron chi connectivity index (χ4n) is 7.43. The highest BCUT2D eigenvalue weighted by Gasteiger charge is 2.20. The van der Waals surface area contributed by atoms with E-state index >= 15 is 0 Å². The summed E-state index contributed by atoms with van der Waals surface area (Å²) >= 11 is 0. The van der Waals surface area contributed by atoms with Crippen LogP contribution in [-0.4, -0.2) is 388 Å². The smallest absolute Gasteiger partial charge is 0.140 e. The highest BCUT2D eigenvalue weighted by atomic mass is 16.6. The summed E-state index contributed by atoms with van der Waals surface area (Å²) in [5.74, 6) is 0.339. The van der Waals surface area contributed by atoms with Crippen molar-refractivity contribution in [3.05, 3.63) is 10.4 Å². The van der Waals surface area contributed by atoms with Gasteiger partial charge in [-0.05, 0) is 18.4 Å². The first-order chi connectivity index (χ1) is 49.9. The maximum atomic E-state index is 12.0. The third-order valence-corrected chi connectivity index (χ3v) is 12.9. The number of Topliss-reactive ketones (excluding diaryl/α,β-unsaturated/α-hetero) is 2. The third-order valence-electron chi connectivity index (χ3n) is 12.9. The molecule has 0 heterocycles. The molecule has 101 heavy (non-hydrogen) atoms. The first-order valence-corrected chi connectivity index (χ1v) is 36.1. The van der Waals surface area contributed by atoms with E-state index < -0.39 is 0 Å². The zero-order chi connectivity index (χ0) is 72.7. The average molecular weight is 1470 g/mol. The van der Waals surface area contributed by atoms with E-state index in [1.165, 1.54) is 0 Å². The van der Waals surface area contributed by atoms with Crippen LogP contribution in [0.25, 0.3) is 10.4 Å². The monoisotopic (exact) mass is 1470 g/mol. The van der Waals surface area contributed by atoms with Crippen molar-refractivity contribution in [2.45, 2.75) is 52.9 Å². The molecule has 0 saturated heterocycles. The number of ketones is 2. The summed E-state index contributed by atoms with van der Waals surface area (Å²) in [6.07, 6.45) is 2.59. The molecular weight excluding hydrogens is 1340 g/mol. The maximum Gasteiger partial charge on any atom is 0.140 e. The van der Waals surface area contributed by atoms with Gasteiger partial charge in [-0.3, -0.25) is 9.59 Å². The summed E-state index contributed by atoms with van der Waals surface area (Å²) in [4.78, 5) is 26.6. The van der Waals surface area contributed by atoms with Gasteiger partial charge in [0.1, 0.15) is 11.6 Å². The number of ether oxygens (including phenoxy) is 28. The molecule has 0 aliphatic heterocycles. The van der Waals surface area contributed by atoms with Crippen LogP contribution in [0, 0.1) is 5.41 Å². The first-order valence-electron chi connectivity index (χ1n) is 36.1. The van der Waals surface area contributed by atoms with Crippen LogP contribution in [0.3, 0.4) is 0 Å². The molecule has 0 fully saturated rings. The molecule has 0 bridgehead atoms. The lowest BCUT2D eigenvalue weighted by molar-refractivity contribution is -0.127. The van der Waals surface area contributed by atoms with E-state index in [4.69, 9.17) is 138 Å². The normalized spacial score (nSPS) is 11.8. The molecule has 0 aliphatic carbocycles. The number of rotatable bonds is 92. The fourth-order valence-corrected chi connectivity index (χ4v) is 7.43. The van der Waals surface area contributed by atoms with Gasteiger partial charge in [0.25, 0.3) is 0 Å². The van der Waals surface area contributed by atoms with Crippen molar-refractivity contribution in [3.63, 3.8) is 0 Å². The van der Waals surface area contributed by atoms with Crippen molar-refractivity contribution in [1.29, 1.82) is 0 Å². The molecule has 0 amide bonds. The summed E-state index contributed by atoms with van der Waals surface area (Å²) < 4.78 is 154. The van der Waals surface area contributed by atoms with Crippen LogP contribution in [0.2, 0.25) is 0 Å². The molecule has 0 spiro atoms. The standard InChI is InChI=1S/C68H133N3O30/c1-68(2,3)67(73)8-13-77-17-21-81-25-27-83-29-31-85-33-35-87-37-39-89-41-43-91-45-47-93-49-51-95-53-55-97-57-59-99-61-63-101-65-64-100-62-60-98-58-56-96-54-52-94-50-48-92-46-44-90-42-40-88-38-36-86-34-32-84-30-28-82-26-23-78-18-14-74-10-4-6-66(72)7-12-76-16-20-80-24-22-79-19-15-75-11-5-9-70-71-69/h4-65H2,1-3H3. The topological polar surface area (TPSA) is 341 Å². The van der Waals surface area contributed by atoms with Gasteiger partial charge in [0.15, 0.2) is 0 Å². The summed E-state index contributed by atoms with van der Waals surface area (Å²) in [7, 11) is 0. The van der Waals surface area contributed by atoms with Gasteiger partial charge in [0.05, 0.1) is 357 Å². The minimum atomic E-state index is -0.327. The number of carbonyl (C=O) groups is 2. The number of hydrogen-bond acceptors (Lipinski definition) is 31. The molecule has 0 radical (unpaired) electrons. The van der Waals surface area contributed by atoms with Gasteiger partial charge in [-0.1, -0.05) is 25.9 Å². The number of nitrogens with zero attached hydrogens (tertiary/aromatic N) is 3. The van der Waals surface area contributed by atoms with E-state index in [1.807, 2.05) is 20.8 Å². The molecule has 0 saturated carbocycles. The molecule has 0 aromatic rings. The van der Waals surface area contributed by atoms with E-state index in [-0.39, 0.29) is 17.0 Å². The molecular formula is C68H133N3O30. The van der Waals surface area contributed by atoms with E-state index in [9.17, 15) is 9.59 Å². The second-order valence-corrected chi connectivity index (χ2v) is 22.3. The van der Waals surface area contributed by atoms with Crippen LogP contribution in [0.15, 0.2) is 5.11 Å². The third kappa shape index (κ3) is 89.8. The van der Waals surface area contributed by atoms with Crippen LogP contribution in [0.4, 0.5) is 0 Å². The second kappa shape index (κ2) is 88.2. The zero-order valence-electron chi connectivity index (χ0n) is 61.9. The molecule has 0 N–H and O–H groups in total. The molecule has 33 heteroatoms. The number of azide groups is 1. The van der Waals surface area contributed by atoms with Crippen LogP contribution in [0.5, 0.6) is 0 Å². The van der Waals surface area contributed by atoms with Crippen LogP contribution >= 0.6 is 0 Å². The van der Waals surface area contributed by atoms with Crippen molar-refractivity contribution in [3.8, 4) is 0 Å². The fraction of sp³-hybridized carbons (Fsp3) is 0.971. The largest absolute Gasteiger partial charge is 0.379 e. The Morgan fingerprint density at radius 3 is 0.535 bits per heavy atom. The van der Waals surface area contributed by atoms with E-state index in [2.05, 4.69) is 10.0 Å². The Kier molecular flexibility index (Phi) is 86.0. The van der Waals surface area contributed by atoms with Crippen molar-refractivity contribution in [2.75, 3.05) is 377 Å². The average Bonchev–Trinajstić information content (AvgIpc) is 1.14. The summed E-state index contributed by atoms with van der Waals surface area (Å²) in [5.41, 5.74) is 7.88. The molecule has 600 valence electrons. The Labute approximate surface area is 602 Å². The van der Waals surface area contributed by atoms with Gasteiger partial charge in [-0.2, -0.15) is 0 Å². The molecule has 0 aliphatic rings. The number of hydrogen-bond donors (Lipinski definition) is 0. The Bertz CT molecular complexity index is 1670. The van der Waals surface area contributed by atoms with Gasteiger partial charge >= 0.3 is 0 Å². The van der Waals surface area contributed by atoms with E-state index in [0.29, 0.717) is 409 Å². The van der Waals surface area contributed by atoms with Crippen LogP contribution in [0.1, 0.15) is 52.9 Å². The first kappa shape index (κ1) is 98.5. The predicted octanol–water partition coefficient (Wildman–Crippen LogP) is 3.90. The molecule has 0 atom stereocenters. The van der Waals surface area contributed by atoms with Gasteiger partial charge in [0.2, 0.25) is 0 Å². The Hall–Kier alpha value is -2.47. The van der Waals surface area contributed by atoms with E-state index in [0.717, 1.165) is 0 Å². The summed E-state index contributed by atoms with van der Waals surface area (Å²) in [5, 5.41) is 3.44. The van der Waals surface area contributed by atoms with Crippen molar-refractivity contribution in [2.24, 2.45) is 10.5 Å². The Balaban J connectivity index is 3.13. The van der Waals surface area contributed by atoms with Crippen molar-refractivity contribution in [1.82, 2.24) is 0 Å². The summed E-state index contributed by atoms with van der Waals surface area (Å²) in [6.45, 7) is 32.5. The van der Waals surface area contributed by atoms with Gasteiger partial charge in [-0.15, -0.1) is 0 Å². The molecule has 0 aromatic heterocycles. The highest BCUT2D eigenvalue weighted by molar-refractivity contribution is 5.83. The molecule has 0 aromatic carbocycles. The molecule has 33 nitrogen and oxygen atoms in total. The molecule has 0 rings (SSSR count). The number of carbonyl (C=O) groups excluding carboxylic acids is 2. The zero-order valence-corrected chi connectivity index (χ0v) is 61.9. The Morgan fingerprint density at radius 2 is 0.366 bits per heavy atom. The lowest BCUT2D eigenvalue weighted by Gasteiger charge is -2.16. The van der Waals surface area contributed by atoms with Gasteiger partial charge < -0.3 is 133 Å². The lowest BCUT2D eigenvalue weighted by atomic mass is 9.89. The molecule has 0 unspecified atom stereocenters. The van der Waals surface area contributed by atoms with E-state index in [1.54, 1.807) is 0 Å². The second-order valence-electron chi connectivity index (χ2n) is 22.3. The highest BCUT2D eigenvalue weighted by Crippen LogP contribution is 2.16. The van der Waals surface area contributed by atoms with Crippen LogP contribution in [-0.2, 0) is 142 Å². The van der Waals surface area contributed by atoms with Crippen molar-refractivity contribution >= 4 is 11.6 Å². The SMILES string of the molecule is CC(C)(C)C(=O)CCOCCOCCOCCOCCOCCOCCOCCOCCOCCOCCOCCOCCOCCOCCOCCOCCOCCOCCOCCOCCOCCOCCOCCOCCCC(=O)CCOCCOCCOCCOCCCN=[N+]=[N-]. The minimum absolute atomic E-state index is 0.145. The summed E-state index contributed by atoms with van der Waals surface area (Å²) in [6, 6.07) is 0. The minimum Gasteiger partial charge on any atom is -0.379 e. The quantitative estimate of drug-likeness (QED) is 0.0361. The van der Waals surface area contributed by atoms with Crippen molar-refractivity contribution < 1.29 is 142 Å². The lowest BCUT2D eigenvalue weighted by Crippen LogP contribution is -2.22. The maximum absolute atomic E-state index is 12.0. The van der Waals surface area contributed by atoms with Gasteiger partial charge in [-0.25, -0.2) is 0 Å². The van der Waals surface area contributed by atoms with Gasteiger partial charge in [0, 0.05) is 49.3 Å². The predicted molar refractivity (Wildman–Crippen MR) is 369 cm³/mol. The van der Waals surface area contributed by atoms with Crippen LogP contribution < -0.4 is 0 Å². The Morgan fingerprint density at radius 1 is 0.218 bits per heavy atom.